The second-order valence-electron chi connectivity index (χ2n) is 9.30. The number of amides is 4. The number of thiol groups is 1. The van der Waals surface area contributed by atoms with Crippen molar-refractivity contribution in [1.82, 2.24) is 21.3 Å². The Balaban J connectivity index is 2.10. The van der Waals surface area contributed by atoms with E-state index in [1.807, 2.05) is 0 Å². The van der Waals surface area contributed by atoms with Crippen molar-refractivity contribution in [3.63, 3.8) is 0 Å². The summed E-state index contributed by atoms with van der Waals surface area (Å²) in [5.41, 5.74) is -0.106. The van der Waals surface area contributed by atoms with E-state index in [-0.39, 0.29) is 23.8 Å². The van der Waals surface area contributed by atoms with Crippen molar-refractivity contribution in [1.29, 1.82) is 0 Å². The summed E-state index contributed by atoms with van der Waals surface area (Å²) < 4.78 is 19.6. The van der Waals surface area contributed by atoms with E-state index in [0.29, 0.717) is 12.2 Å². The Bertz CT molecular complexity index is 1060. The molecule has 0 aromatic heterocycles. The van der Waals surface area contributed by atoms with Gasteiger partial charge in [0.15, 0.2) is 0 Å². The molecule has 4 N–H and O–H groups in total. The van der Waals surface area contributed by atoms with Gasteiger partial charge in [-0.05, 0) is 40.3 Å². The SMILES string of the molecule is C/C=C1\NC(=O)[C@H]2CS[SH]3(=O)SCC/C=C/[C@H](CC(=O)N[C@@H](C(=O)N2)C3C)OC(=O)[C@H](C(C)C)NC1=O. The maximum Gasteiger partial charge on any atom is 0.329 e. The van der Waals surface area contributed by atoms with Gasteiger partial charge >= 0.3 is 5.97 Å². The largest absolute Gasteiger partial charge is 0.456 e. The summed E-state index contributed by atoms with van der Waals surface area (Å²) in [6.45, 7) is 6.67. The van der Waals surface area contributed by atoms with Gasteiger partial charge in [0.05, 0.1) is 11.7 Å². The molecular formula is C23H34N4O7S3. The lowest BCUT2D eigenvalue weighted by Crippen LogP contribution is -2.61. The highest BCUT2D eigenvalue weighted by Crippen LogP contribution is 2.42. The van der Waals surface area contributed by atoms with Crippen LogP contribution in [-0.2, 0) is 36.7 Å². The van der Waals surface area contributed by atoms with Gasteiger partial charge in [-0.3, -0.25) is 23.4 Å². The molecule has 11 nitrogen and oxygen atoms in total. The van der Waals surface area contributed by atoms with E-state index in [4.69, 9.17) is 4.74 Å². The van der Waals surface area contributed by atoms with E-state index in [1.165, 1.54) is 16.9 Å². The predicted octanol–water partition coefficient (Wildman–Crippen LogP) is 0.107. The summed E-state index contributed by atoms with van der Waals surface area (Å²) in [5.74, 6) is -3.21. The van der Waals surface area contributed by atoms with Crippen LogP contribution in [0.15, 0.2) is 23.9 Å². The molecule has 37 heavy (non-hydrogen) atoms. The van der Waals surface area contributed by atoms with Gasteiger partial charge in [0.25, 0.3) is 5.91 Å². The zero-order chi connectivity index (χ0) is 27.3. The minimum atomic E-state index is -3.16. The molecule has 3 heterocycles. The lowest BCUT2D eigenvalue weighted by molar-refractivity contribution is -0.153. The van der Waals surface area contributed by atoms with Crippen molar-refractivity contribution in [2.45, 2.75) is 70.0 Å². The molecule has 0 saturated carbocycles. The average molecular weight is 575 g/mol. The van der Waals surface area contributed by atoms with Gasteiger partial charge in [0.1, 0.15) is 29.9 Å². The highest BCUT2D eigenvalue weighted by molar-refractivity contribution is 9.09. The number of carbonyl (C=O) groups is 5. The van der Waals surface area contributed by atoms with Crippen molar-refractivity contribution in [2.24, 2.45) is 5.92 Å². The number of carbonyl (C=O) groups excluding carboxylic acids is 5. The summed E-state index contributed by atoms with van der Waals surface area (Å²) in [6.07, 6.45) is 4.02. The molecule has 4 bridgehead atoms. The number of rotatable bonds is 1. The Kier molecular flexibility index (Phi) is 9.86. The zero-order valence-electron chi connectivity index (χ0n) is 21.1. The fourth-order valence-corrected chi connectivity index (χ4v) is 12.6. The Morgan fingerprint density at radius 2 is 1.81 bits per heavy atom. The third kappa shape index (κ3) is 7.17. The molecular weight excluding hydrogens is 540 g/mol. The van der Waals surface area contributed by atoms with Crippen LogP contribution >= 0.6 is 21.6 Å². The van der Waals surface area contributed by atoms with Crippen LogP contribution in [0.4, 0.5) is 0 Å². The molecule has 3 aliphatic rings. The fraction of sp³-hybridized carbons (Fsp3) is 0.609. The van der Waals surface area contributed by atoms with Gasteiger partial charge in [-0.2, -0.15) is 0 Å². The van der Waals surface area contributed by atoms with E-state index in [2.05, 4.69) is 21.3 Å². The number of allylic oxidation sites excluding steroid dienone is 2. The van der Waals surface area contributed by atoms with Gasteiger partial charge in [-0.25, -0.2) is 4.79 Å². The quantitative estimate of drug-likeness (QED) is 0.0963. The number of hydrogen-bond acceptors (Lipinski definition) is 9. The van der Waals surface area contributed by atoms with Crippen LogP contribution in [0.5, 0.6) is 0 Å². The van der Waals surface area contributed by atoms with Crippen molar-refractivity contribution in [3.05, 3.63) is 23.9 Å². The lowest BCUT2D eigenvalue weighted by atomic mass is 10.0. The van der Waals surface area contributed by atoms with Gasteiger partial charge in [0.2, 0.25) is 17.7 Å². The third-order valence-electron chi connectivity index (χ3n) is 6.19. The summed E-state index contributed by atoms with van der Waals surface area (Å²) in [6, 6.07) is -3.32. The summed E-state index contributed by atoms with van der Waals surface area (Å²) in [7, 11) is -0.843. The molecule has 0 radical (unpaired) electrons. The predicted molar refractivity (Wildman–Crippen MR) is 145 cm³/mol. The lowest BCUT2D eigenvalue weighted by Gasteiger charge is -2.38. The van der Waals surface area contributed by atoms with Crippen molar-refractivity contribution in [3.8, 4) is 0 Å². The number of hydrogen-bond donors (Lipinski definition) is 5. The molecule has 0 spiro atoms. The van der Waals surface area contributed by atoms with E-state index in [9.17, 15) is 28.2 Å². The molecule has 1 unspecified atom stereocenters. The third-order valence-corrected chi connectivity index (χ3v) is 16.2. The molecule has 0 aromatic carbocycles. The first-order valence-electron chi connectivity index (χ1n) is 12.1. The second-order valence-corrected chi connectivity index (χ2v) is 17.9. The molecule has 14 heteroatoms. The summed E-state index contributed by atoms with van der Waals surface area (Å²) in [4.78, 5) is 65.4. The number of fused-ring (bicyclic) bond motifs is 6. The van der Waals surface area contributed by atoms with Crippen LogP contribution < -0.4 is 21.3 Å². The van der Waals surface area contributed by atoms with Gasteiger partial charge < -0.3 is 26.0 Å². The van der Waals surface area contributed by atoms with Gasteiger partial charge in [-0.15, -0.1) is 0 Å². The van der Waals surface area contributed by atoms with E-state index in [1.54, 1.807) is 39.8 Å². The molecule has 0 aliphatic carbocycles. The van der Waals surface area contributed by atoms with Gasteiger partial charge in [-0.1, -0.05) is 47.6 Å². The summed E-state index contributed by atoms with van der Waals surface area (Å²) >= 11 is 0. The molecule has 3 rings (SSSR count). The number of ether oxygens (including phenoxy) is 1. The number of esters is 1. The molecule has 2 saturated heterocycles. The van der Waals surface area contributed by atoms with Crippen molar-refractivity contribution >= 4 is 59.2 Å². The van der Waals surface area contributed by atoms with E-state index >= 15 is 0 Å². The highest BCUT2D eigenvalue weighted by Gasteiger charge is 2.42. The minimum Gasteiger partial charge on any atom is -0.456 e. The monoisotopic (exact) mass is 574 g/mol. The van der Waals surface area contributed by atoms with E-state index in [0.717, 1.165) is 10.8 Å². The molecule has 0 aromatic rings. The first-order valence-corrected chi connectivity index (χ1v) is 17.0. The van der Waals surface area contributed by atoms with Crippen LogP contribution in [0.25, 0.3) is 0 Å². The summed E-state index contributed by atoms with van der Waals surface area (Å²) in [5, 5.41) is 9.69. The molecule has 5 atom stereocenters. The maximum absolute atomic E-state index is 14.0. The first kappa shape index (κ1) is 29.2. The normalized spacial score (nSPS) is 34.5. The average Bonchev–Trinajstić information content (AvgIpc) is 2.83. The topological polar surface area (TPSA) is 160 Å². The van der Waals surface area contributed by atoms with Crippen LogP contribution in [-0.4, -0.2) is 74.8 Å². The Hall–Kier alpha value is -2.32. The van der Waals surface area contributed by atoms with Gasteiger partial charge in [0, 0.05) is 11.5 Å². The van der Waals surface area contributed by atoms with Crippen LogP contribution in [0.1, 0.15) is 40.5 Å². The maximum atomic E-state index is 14.0. The molecule has 2 fully saturated rings. The Morgan fingerprint density at radius 1 is 1.08 bits per heavy atom. The Morgan fingerprint density at radius 3 is 2.49 bits per heavy atom. The smallest absolute Gasteiger partial charge is 0.329 e. The zero-order valence-corrected chi connectivity index (χ0v) is 23.7. The fourth-order valence-electron chi connectivity index (χ4n) is 3.96. The highest BCUT2D eigenvalue weighted by atomic mass is 33.5. The number of nitrogens with one attached hydrogen (secondary N) is 4. The molecule has 4 amide bonds. The van der Waals surface area contributed by atoms with Crippen LogP contribution in [0.3, 0.4) is 0 Å². The first-order chi connectivity index (χ1) is 17.4. The van der Waals surface area contributed by atoms with Crippen molar-refractivity contribution in [2.75, 3.05) is 11.5 Å². The molecule has 3 aliphatic heterocycles. The van der Waals surface area contributed by atoms with Crippen LogP contribution in [0.2, 0.25) is 0 Å². The second kappa shape index (κ2) is 12.5. The minimum absolute atomic E-state index is 0.0182. The van der Waals surface area contributed by atoms with E-state index < -0.39 is 67.1 Å². The standard InChI is InChI=1S/C23H34N4O7S3/c1-5-15-20(29)27-18(12(2)3)23(32)34-14-8-6-7-9-35-37(33)13(4)19(26-17(28)10-14)22(31)25-16(11-36-37)21(30)24-15/h5-6,8,12-14,16,18-19,37H,7,9-11H2,1-4H3,(H,24,30)(H,25,31)(H,26,28)(H,27,29)/b8-6+,15-5-/t13?,14-,16-,18+,19-/m1/s1. The van der Waals surface area contributed by atoms with Crippen LogP contribution in [0, 0.1) is 5.92 Å². The van der Waals surface area contributed by atoms with Crippen molar-refractivity contribution < 1.29 is 32.9 Å². The molecule has 206 valence electrons. The Labute approximate surface area is 224 Å².